The van der Waals surface area contributed by atoms with E-state index in [4.69, 9.17) is 5.14 Å². The highest BCUT2D eigenvalue weighted by Gasteiger charge is 2.20. The maximum atomic E-state index is 12.3. The Morgan fingerprint density at radius 1 is 1.37 bits per heavy atom. The van der Waals surface area contributed by atoms with E-state index in [9.17, 15) is 13.2 Å². The Morgan fingerprint density at radius 2 is 2.00 bits per heavy atom. The maximum absolute atomic E-state index is 12.3. The van der Waals surface area contributed by atoms with Crippen LogP contribution in [0, 0.1) is 0 Å². The highest BCUT2D eigenvalue weighted by atomic mass is 32.2. The average Bonchev–Trinajstić information content (AvgIpc) is 2.38. The molecule has 1 aromatic carbocycles. The highest BCUT2D eigenvalue weighted by Crippen LogP contribution is 2.14. The Morgan fingerprint density at radius 3 is 2.47 bits per heavy atom. The van der Waals surface area contributed by atoms with Gasteiger partial charge in [0.2, 0.25) is 10.0 Å². The zero-order chi connectivity index (χ0) is 14.6. The Labute approximate surface area is 114 Å². The number of carbonyl (C=O) groups excluding carboxylic acids is 1. The summed E-state index contributed by atoms with van der Waals surface area (Å²) in [5, 5.41) is 5.07. The van der Waals surface area contributed by atoms with Crippen molar-refractivity contribution >= 4 is 15.9 Å². The van der Waals surface area contributed by atoms with Gasteiger partial charge < -0.3 is 4.90 Å². The molecule has 1 rings (SSSR count). The topological polar surface area (TPSA) is 80.5 Å². The first-order valence-corrected chi connectivity index (χ1v) is 7.79. The van der Waals surface area contributed by atoms with E-state index in [1.807, 2.05) is 20.8 Å². The molecular formula is C13H20N2O3S. The standard InChI is InChI=1S/C13H20N2O3S/c1-4-10(3)15(5-2)13(16)11-7-6-8-12(9-11)19(14,17)18/h6-10H,4-5H2,1-3H3,(H2,14,17,18). The summed E-state index contributed by atoms with van der Waals surface area (Å²) in [6.07, 6.45) is 0.842. The number of hydrogen-bond acceptors (Lipinski definition) is 3. The molecule has 1 atom stereocenters. The van der Waals surface area contributed by atoms with Crippen LogP contribution in [-0.4, -0.2) is 31.8 Å². The smallest absolute Gasteiger partial charge is 0.254 e. The number of benzene rings is 1. The number of carbonyl (C=O) groups is 1. The molecule has 5 nitrogen and oxygen atoms in total. The Hall–Kier alpha value is -1.40. The van der Waals surface area contributed by atoms with Crippen LogP contribution in [0.3, 0.4) is 0 Å². The van der Waals surface area contributed by atoms with Crippen LogP contribution in [0.2, 0.25) is 0 Å². The van der Waals surface area contributed by atoms with Crippen molar-refractivity contribution in [2.45, 2.75) is 38.1 Å². The minimum Gasteiger partial charge on any atom is -0.336 e. The Balaban J connectivity index is 3.13. The lowest BCUT2D eigenvalue weighted by Crippen LogP contribution is -2.38. The third-order valence-electron chi connectivity index (χ3n) is 3.13. The fourth-order valence-electron chi connectivity index (χ4n) is 1.85. The molecule has 0 bridgehead atoms. The molecule has 0 aliphatic rings. The second kappa shape index (κ2) is 6.16. The minimum atomic E-state index is -3.79. The number of primary sulfonamides is 1. The van der Waals surface area contributed by atoms with E-state index in [2.05, 4.69) is 0 Å². The molecule has 0 aliphatic heterocycles. The zero-order valence-electron chi connectivity index (χ0n) is 11.5. The van der Waals surface area contributed by atoms with Crippen molar-refractivity contribution in [3.63, 3.8) is 0 Å². The van der Waals surface area contributed by atoms with Crippen molar-refractivity contribution in [2.24, 2.45) is 5.14 Å². The Kier molecular flexibility index (Phi) is 5.08. The molecule has 0 aliphatic carbocycles. The summed E-state index contributed by atoms with van der Waals surface area (Å²) in [7, 11) is -3.79. The number of amides is 1. The van der Waals surface area contributed by atoms with Crippen LogP contribution in [-0.2, 0) is 10.0 Å². The number of rotatable bonds is 5. The van der Waals surface area contributed by atoms with Crippen LogP contribution in [0.25, 0.3) is 0 Å². The molecular weight excluding hydrogens is 264 g/mol. The first-order chi connectivity index (χ1) is 8.81. The van der Waals surface area contributed by atoms with Gasteiger partial charge in [0.05, 0.1) is 4.90 Å². The van der Waals surface area contributed by atoms with Gasteiger partial charge in [0.1, 0.15) is 0 Å². The van der Waals surface area contributed by atoms with Gasteiger partial charge in [-0.1, -0.05) is 13.0 Å². The fraction of sp³-hybridized carbons (Fsp3) is 0.462. The predicted molar refractivity (Wildman–Crippen MR) is 74.3 cm³/mol. The van der Waals surface area contributed by atoms with Gasteiger partial charge in [-0.15, -0.1) is 0 Å². The zero-order valence-corrected chi connectivity index (χ0v) is 12.3. The van der Waals surface area contributed by atoms with Crippen LogP contribution in [0.1, 0.15) is 37.6 Å². The normalized spacial score (nSPS) is 13.1. The van der Waals surface area contributed by atoms with E-state index in [1.165, 1.54) is 18.2 Å². The minimum absolute atomic E-state index is 0.0430. The molecule has 6 heteroatoms. The van der Waals surface area contributed by atoms with Gasteiger partial charge in [0, 0.05) is 18.2 Å². The number of sulfonamides is 1. The van der Waals surface area contributed by atoms with Crippen LogP contribution in [0.15, 0.2) is 29.2 Å². The van der Waals surface area contributed by atoms with Crippen molar-refractivity contribution in [1.29, 1.82) is 0 Å². The lowest BCUT2D eigenvalue weighted by atomic mass is 10.1. The third-order valence-corrected chi connectivity index (χ3v) is 4.04. The van der Waals surface area contributed by atoms with E-state index in [0.717, 1.165) is 6.42 Å². The third kappa shape index (κ3) is 3.78. The molecule has 0 fully saturated rings. The molecule has 1 unspecified atom stereocenters. The van der Waals surface area contributed by atoms with E-state index >= 15 is 0 Å². The second-order valence-corrected chi connectivity index (χ2v) is 5.98. The predicted octanol–water partition coefficient (Wildman–Crippen LogP) is 1.59. The molecule has 19 heavy (non-hydrogen) atoms. The molecule has 1 amide bonds. The summed E-state index contributed by atoms with van der Waals surface area (Å²) in [4.78, 5) is 14.0. The number of hydrogen-bond donors (Lipinski definition) is 1. The van der Waals surface area contributed by atoms with E-state index < -0.39 is 10.0 Å². The molecule has 0 radical (unpaired) electrons. The first kappa shape index (κ1) is 15.7. The van der Waals surface area contributed by atoms with Gasteiger partial charge in [0.15, 0.2) is 0 Å². The quantitative estimate of drug-likeness (QED) is 0.891. The summed E-state index contributed by atoms with van der Waals surface area (Å²) in [5.41, 5.74) is 0.341. The van der Waals surface area contributed by atoms with Gasteiger partial charge in [0.25, 0.3) is 5.91 Å². The van der Waals surface area contributed by atoms with Crippen molar-refractivity contribution in [1.82, 2.24) is 4.90 Å². The molecule has 0 saturated carbocycles. The van der Waals surface area contributed by atoms with Gasteiger partial charge in [-0.25, -0.2) is 13.6 Å². The summed E-state index contributed by atoms with van der Waals surface area (Å²) in [6.45, 7) is 6.44. The van der Waals surface area contributed by atoms with Gasteiger partial charge in [-0.05, 0) is 38.5 Å². The van der Waals surface area contributed by atoms with Crippen LogP contribution >= 0.6 is 0 Å². The van der Waals surface area contributed by atoms with E-state index in [0.29, 0.717) is 12.1 Å². The lowest BCUT2D eigenvalue weighted by Gasteiger charge is -2.27. The number of nitrogens with two attached hydrogens (primary N) is 1. The van der Waals surface area contributed by atoms with Gasteiger partial charge in [-0.3, -0.25) is 4.79 Å². The molecule has 2 N–H and O–H groups in total. The summed E-state index contributed by atoms with van der Waals surface area (Å²) < 4.78 is 22.6. The Bertz CT molecular complexity index is 555. The SMILES string of the molecule is CCC(C)N(CC)C(=O)c1cccc(S(N)(=O)=O)c1. The molecule has 106 valence electrons. The molecule has 0 saturated heterocycles. The van der Waals surface area contributed by atoms with Crippen molar-refractivity contribution in [3.05, 3.63) is 29.8 Å². The maximum Gasteiger partial charge on any atom is 0.254 e. The fourth-order valence-corrected chi connectivity index (χ4v) is 2.41. The van der Waals surface area contributed by atoms with Crippen molar-refractivity contribution < 1.29 is 13.2 Å². The summed E-state index contributed by atoms with van der Waals surface area (Å²) in [5.74, 6) is -0.178. The van der Waals surface area contributed by atoms with Crippen LogP contribution in [0.4, 0.5) is 0 Å². The van der Waals surface area contributed by atoms with E-state index in [-0.39, 0.29) is 16.8 Å². The van der Waals surface area contributed by atoms with Crippen LogP contribution < -0.4 is 5.14 Å². The van der Waals surface area contributed by atoms with Crippen LogP contribution in [0.5, 0.6) is 0 Å². The van der Waals surface area contributed by atoms with Gasteiger partial charge >= 0.3 is 0 Å². The monoisotopic (exact) mass is 284 g/mol. The average molecular weight is 284 g/mol. The summed E-state index contributed by atoms with van der Waals surface area (Å²) in [6, 6.07) is 5.93. The first-order valence-electron chi connectivity index (χ1n) is 6.25. The second-order valence-electron chi connectivity index (χ2n) is 4.42. The van der Waals surface area contributed by atoms with Gasteiger partial charge in [-0.2, -0.15) is 0 Å². The lowest BCUT2D eigenvalue weighted by molar-refractivity contribution is 0.0699. The summed E-state index contributed by atoms with van der Waals surface area (Å²) >= 11 is 0. The molecule has 0 spiro atoms. The highest BCUT2D eigenvalue weighted by molar-refractivity contribution is 7.89. The molecule has 1 aromatic rings. The molecule has 0 aromatic heterocycles. The number of nitrogens with zero attached hydrogens (tertiary/aromatic N) is 1. The van der Waals surface area contributed by atoms with Crippen molar-refractivity contribution in [3.8, 4) is 0 Å². The van der Waals surface area contributed by atoms with E-state index in [1.54, 1.807) is 11.0 Å². The molecule has 0 heterocycles. The van der Waals surface area contributed by atoms with Crippen molar-refractivity contribution in [2.75, 3.05) is 6.54 Å². The largest absolute Gasteiger partial charge is 0.336 e.